The Morgan fingerprint density at radius 3 is 2.39 bits per heavy atom. The quantitative estimate of drug-likeness (QED) is 0.923. The van der Waals surface area contributed by atoms with Crippen LogP contribution in [0.25, 0.3) is 0 Å². The monoisotopic (exact) mass is 332 g/mol. The number of nitrogens with one attached hydrogen (secondary N) is 1. The minimum atomic E-state index is -3.47. The first-order valence-electron chi connectivity index (χ1n) is 7.66. The summed E-state index contributed by atoms with van der Waals surface area (Å²) in [5, 5.41) is 0. The molecule has 1 saturated heterocycles. The molecular weight excluding hydrogens is 312 g/mol. The highest BCUT2D eigenvalue weighted by Gasteiger charge is 2.26. The van der Waals surface area contributed by atoms with E-state index in [-0.39, 0.29) is 6.04 Å². The molecule has 0 aliphatic carbocycles. The lowest BCUT2D eigenvalue weighted by atomic mass is 10.1. The first-order valence-corrected chi connectivity index (χ1v) is 9.14. The summed E-state index contributed by atoms with van der Waals surface area (Å²) in [6, 6.07) is 8.77. The number of piperidine rings is 1. The zero-order valence-electron chi connectivity index (χ0n) is 13.0. The minimum Gasteiger partial charge on any atom is -0.341 e. The molecule has 0 bridgehead atoms. The van der Waals surface area contributed by atoms with Crippen LogP contribution in [0.15, 0.2) is 47.6 Å². The summed E-state index contributed by atoms with van der Waals surface area (Å²) in [7, 11) is -3.47. The number of hydrogen-bond acceptors (Lipinski definition) is 5. The van der Waals surface area contributed by atoms with Crippen LogP contribution in [-0.2, 0) is 10.0 Å². The summed E-state index contributed by atoms with van der Waals surface area (Å²) in [4.78, 5) is 10.9. The topological polar surface area (TPSA) is 75.2 Å². The van der Waals surface area contributed by atoms with Crippen LogP contribution in [0, 0.1) is 6.92 Å². The Bertz CT molecular complexity index is 757. The minimum absolute atomic E-state index is 0.0560. The molecule has 1 aromatic heterocycles. The zero-order chi connectivity index (χ0) is 16.3. The Labute approximate surface area is 136 Å². The number of benzene rings is 1. The molecule has 23 heavy (non-hydrogen) atoms. The van der Waals surface area contributed by atoms with Gasteiger partial charge in [-0.3, -0.25) is 0 Å². The smallest absolute Gasteiger partial charge is 0.241 e. The summed E-state index contributed by atoms with van der Waals surface area (Å²) in [6.45, 7) is 3.29. The normalized spacial score (nSPS) is 16.5. The highest BCUT2D eigenvalue weighted by atomic mass is 32.2. The molecule has 1 fully saturated rings. The number of nitrogens with zero attached hydrogens (tertiary/aromatic N) is 3. The van der Waals surface area contributed by atoms with Crippen molar-refractivity contribution in [2.75, 3.05) is 18.0 Å². The van der Waals surface area contributed by atoms with E-state index in [0.717, 1.165) is 31.5 Å². The van der Waals surface area contributed by atoms with E-state index >= 15 is 0 Å². The van der Waals surface area contributed by atoms with Gasteiger partial charge in [-0.25, -0.2) is 23.1 Å². The van der Waals surface area contributed by atoms with Gasteiger partial charge in [-0.1, -0.05) is 18.2 Å². The second kappa shape index (κ2) is 6.64. The average molecular weight is 332 g/mol. The molecule has 7 heteroatoms. The van der Waals surface area contributed by atoms with Gasteiger partial charge in [-0.05, 0) is 37.5 Å². The van der Waals surface area contributed by atoms with Gasteiger partial charge in [0.2, 0.25) is 16.0 Å². The van der Waals surface area contributed by atoms with Crippen molar-refractivity contribution in [3.05, 3.63) is 48.3 Å². The Hall–Kier alpha value is -1.99. The third-order valence-corrected chi connectivity index (χ3v) is 5.72. The summed E-state index contributed by atoms with van der Waals surface area (Å²) in [6.07, 6.45) is 4.91. The lowest BCUT2D eigenvalue weighted by Gasteiger charge is -2.32. The lowest BCUT2D eigenvalue weighted by Crippen LogP contribution is -2.45. The van der Waals surface area contributed by atoms with Crippen LogP contribution in [0.3, 0.4) is 0 Å². The fourth-order valence-corrected chi connectivity index (χ4v) is 4.34. The van der Waals surface area contributed by atoms with Crippen LogP contribution < -0.4 is 9.62 Å². The van der Waals surface area contributed by atoms with Gasteiger partial charge in [-0.2, -0.15) is 0 Å². The molecule has 122 valence electrons. The third kappa shape index (κ3) is 3.68. The molecule has 0 atom stereocenters. The first kappa shape index (κ1) is 15.9. The van der Waals surface area contributed by atoms with E-state index < -0.39 is 10.0 Å². The maximum absolute atomic E-state index is 12.5. The van der Waals surface area contributed by atoms with E-state index in [1.54, 1.807) is 30.6 Å². The first-order chi connectivity index (χ1) is 11.1. The summed E-state index contributed by atoms with van der Waals surface area (Å²) in [5.41, 5.74) is 0.759. The van der Waals surface area contributed by atoms with E-state index in [1.807, 2.05) is 19.1 Å². The summed E-state index contributed by atoms with van der Waals surface area (Å²) >= 11 is 0. The number of aryl methyl sites for hydroxylation is 1. The molecule has 2 aromatic rings. The Morgan fingerprint density at radius 1 is 1.09 bits per heavy atom. The van der Waals surface area contributed by atoms with Gasteiger partial charge < -0.3 is 4.90 Å². The zero-order valence-corrected chi connectivity index (χ0v) is 13.8. The van der Waals surface area contributed by atoms with Crippen LogP contribution in [-0.4, -0.2) is 37.5 Å². The lowest BCUT2D eigenvalue weighted by molar-refractivity contribution is 0.456. The number of sulfonamides is 1. The van der Waals surface area contributed by atoms with E-state index in [2.05, 4.69) is 19.6 Å². The predicted molar refractivity (Wildman–Crippen MR) is 88.8 cm³/mol. The molecule has 0 saturated carbocycles. The van der Waals surface area contributed by atoms with Crippen LogP contribution >= 0.6 is 0 Å². The third-order valence-electron chi connectivity index (χ3n) is 4.03. The van der Waals surface area contributed by atoms with Gasteiger partial charge in [-0.15, -0.1) is 0 Å². The van der Waals surface area contributed by atoms with Crippen molar-refractivity contribution in [2.24, 2.45) is 0 Å². The largest absolute Gasteiger partial charge is 0.341 e. The standard InChI is InChI=1S/C16H20N4O2S/c1-13-5-2-3-6-15(13)23(21,22)19-14-7-11-20(12-8-14)16-17-9-4-10-18-16/h2-6,9-10,14,19H,7-8,11-12H2,1H3. The van der Waals surface area contributed by atoms with E-state index in [4.69, 9.17) is 0 Å². The highest BCUT2D eigenvalue weighted by Crippen LogP contribution is 2.19. The fourth-order valence-electron chi connectivity index (χ4n) is 2.79. The summed E-state index contributed by atoms with van der Waals surface area (Å²) < 4.78 is 27.9. The Balaban J connectivity index is 1.64. The van der Waals surface area contributed by atoms with Gasteiger partial charge in [0.05, 0.1) is 4.90 Å². The molecule has 0 amide bonds. The fraction of sp³-hybridized carbons (Fsp3) is 0.375. The highest BCUT2D eigenvalue weighted by molar-refractivity contribution is 7.89. The van der Waals surface area contributed by atoms with Gasteiger partial charge in [0.25, 0.3) is 0 Å². The van der Waals surface area contributed by atoms with Gasteiger partial charge in [0.15, 0.2) is 0 Å². The van der Waals surface area contributed by atoms with Crippen LogP contribution in [0.5, 0.6) is 0 Å². The maximum atomic E-state index is 12.5. The van der Waals surface area contributed by atoms with Crippen molar-refractivity contribution in [1.29, 1.82) is 0 Å². The van der Waals surface area contributed by atoms with Crippen molar-refractivity contribution in [3.63, 3.8) is 0 Å². The second-order valence-electron chi connectivity index (χ2n) is 5.70. The van der Waals surface area contributed by atoms with Gasteiger partial charge in [0, 0.05) is 31.5 Å². The Morgan fingerprint density at radius 2 is 1.74 bits per heavy atom. The maximum Gasteiger partial charge on any atom is 0.241 e. The van der Waals surface area contributed by atoms with Crippen molar-refractivity contribution >= 4 is 16.0 Å². The molecule has 3 rings (SSSR count). The van der Waals surface area contributed by atoms with Crippen molar-refractivity contribution in [1.82, 2.24) is 14.7 Å². The number of rotatable bonds is 4. The molecule has 2 heterocycles. The van der Waals surface area contributed by atoms with Crippen LogP contribution in [0.4, 0.5) is 5.95 Å². The predicted octanol–water partition coefficient (Wildman–Crippen LogP) is 1.73. The molecule has 0 unspecified atom stereocenters. The molecule has 1 aliphatic heterocycles. The summed E-state index contributed by atoms with van der Waals surface area (Å²) in [5.74, 6) is 0.702. The molecule has 1 N–H and O–H groups in total. The van der Waals surface area contributed by atoms with Crippen LogP contribution in [0.1, 0.15) is 18.4 Å². The van der Waals surface area contributed by atoms with Crippen molar-refractivity contribution < 1.29 is 8.42 Å². The molecule has 0 spiro atoms. The molecule has 0 radical (unpaired) electrons. The average Bonchev–Trinajstić information content (AvgIpc) is 2.56. The molecule has 1 aliphatic rings. The van der Waals surface area contributed by atoms with E-state index in [0.29, 0.717) is 10.8 Å². The number of aromatic nitrogens is 2. The molecule has 6 nitrogen and oxygen atoms in total. The number of anilines is 1. The van der Waals surface area contributed by atoms with Gasteiger partial charge >= 0.3 is 0 Å². The van der Waals surface area contributed by atoms with Crippen LogP contribution in [0.2, 0.25) is 0 Å². The van der Waals surface area contributed by atoms with E-state index in [1.165, 1.54) is 0 Å². The molecule has 1 aromatic carbocycles. The SMILES string of the molecule is Cc1ccccc1S(=O)(=O)NC1CCN(c2ncccn2)CC1. The Kier molecular flexibility index (Phi) is 4.58. The van der Waals surface area contributed by atoms with Gasteiger partial charge in [0.1, 0.15) is 0 Å². The van der Waals surface area contributed by atoms with E-state index in [9.17, 15) is 8.42 Å². The van der Waals surface area contributed by atoms with Crippen molar-refractivity contribution in [2.45, 2.75) is 30.7 Å². The molecular formula is C16H20N4O2S. The number of hydrogen-bond donors (Lipinski definition) is 1. The second-order valence-corrected chi connectivity index (χ2v) is 7.38. The van der Waals surface area contributed by atoms with Crippen molar-refractivity contribution in [3.8, 4) is 0 Å².